The molecular weight excluding hydrogens is 274 g/mol. The van der Waals surface area contributed by atoms with Gasteiger partial charge in [0.2, 0.25) is 6.39 Å². The number of rotatable bonds is 3. The Balaban J connectivity index is 1.63. The number of amides is 1. The van der Waals surface area contributed by atoms with Crippen molar-refractivity contribution < 1.29 is 18.5 Å². The molecule has 1 saturated carbocycles. The Morgan fingerprint density at radius 1 is 1.38 bits per heavy atom. The smallest absolute Gasteiger partial charge is 0.258 e. The Morgan fingerprint density at radius 3 is 3.05 bits per heavy atom. The Morgan fingerprint density at radius 2 is 2.29 bits per heavy atom. The van der Waals surface area contributed by atoms with Crippen molar-refractivity contribution in [1.82, 2.24) is 15.0 Å². The van der Waals surface area contributed by atoms with Crippen LogP contribution in [0.3, 0.4) is 0 Å². The van der Waals surface area contributed by atoms with Gasteiger partial charge < -0.3 is 18.6 Å². The van der Waals surface area contributed by atoms with Crippen LogP contribution in [0.25, 0.3) is 0 Å². The van der Waals surface area contributed by atoms with Crippen molar-refractivity contribution in [3.63, 3.8) is 0 Å². The maximum atomic E-state index is 12.8. The molecule has 2 fully saturated rings. The highest BCUT2D eigenvalue weighted by Gasteiger charge is 2.37. The molecule has 0 bridgehead atoms. The minimum atomic E-state index is -0.313. The molecule has 1 unspecified atom stereocenters. The van der Waals surface area contributed by atoms with Gasteiger partial charge in [-0.25, -0.2) is 0 Å². The van der Waals surface area contributed by atoms with Crippen LogP contribution in [-0.2, 0) is 4.74 Å². The van der Waals surface area contributed by atoms with Crippen LogP contribution in [0.4, 0.5) is 0 Å². The van der Waals surface area contributed by atoms with Gasteiger partial charge in [0.05, 0.1) is 25.0 Å². The molecule has 2 aliphatic rings. The summed E-state index contributed by atoms with van der Waals surface area (Å²) in [4.78, 5) is 18.6. The van der Waals surface area contributed by atoms with Crippen LogP contribution in [0.15, 0.2) is 27.7 Å². The van der Waals surface area contributed by atoms with Crippen molar-refractivity contribution in [2.45, 2.75) is 24.8 Å². The first-order valence-electron chi connectivity index (χ1n) is 7.07. The summed E-state index contributed by atoms with van der Waals surface area (Å²) in [5, 5.41) is 3.84. The van der Waals surface area contributed by atoms with Gasteiger partial charge in [-0.05, 0) is 18.9 Å². The number of carbonyl (C=O) groups is 1. The lowest BCUT2D eigenvalue weighted by molar-refractivity contribution is -0.00588. The third kappa shape index (κ3) is 2.23. The van der Waals surface area contributed by atoms with Gasteiger partial charge in [-0.3, -0.25) is 4.79 Å². The Bertz CT molecular complexity index is 632. The predicted molar refractivity (Wildman–Crippen MR) is 69.6 cm³/mol. The molecular formula is C14H15N3O4. The lowest BCUT2D eigenvalue weighted by Crippen LogP contribution is -2.44. The number of morpholine rings is 1. The van der Waals surface area contributed by atoms with Crippen molar-refractivity contribution in [3.8, 4) is 0 Å². The zero-order valence-electron chi connectivity index (χ0n) is 11.4. The number of nitrogens with zero attached hydrogens (tertiary/aromatic N) is 3. The molecule has 0 spiro atoms. The summed E-state index contributed by atoms with van der Waals surface area (Å²) in [6.45, 7) is 1.39. The summed E-state index contributed by atoms with van der Waals surface area (Å²) < 4.78 is 15.7. The van der Waals surface area contributed by atoms with Gasteiger partial charge in [-0.1, -0.05) is 5.16 Å². The second kappa shape index (κ2) is 5.00. The van der Waals surface area contributed by atoms with Gasteiger partial charge >= 0.3 is 0 Å². The molecule has 1 aliphatic carbocycles. The van der Waals surface area contributed by atoms with Crippen molar-refractivity contribution in [1.29, 1.82) is 0 Å². The molecule has 7 nitrogen and oxygen atoms in total. The lowest BCUT2D eigenvalue weighted by atomic mass is 10.1. The second-order valence-electron chi connectivity index (χ2n) is 5.35. The first-order chi connectivity index (χ1) is 10.3. The van der Waals surface area contributed by atoms with E-state index in [-0.39, 0.29) is 11.9 Å². The van der Waals surface area contributed by atoms with E-state index in [2.05, 4.69) is 10.1 Å². The number of aromatic nitrogens is 2. The van der Waals surface area contributed by atoms with E-state index < -0.39 is 0 Å². The molecule has 0 aromatic carbocycles. The second-order valence-corrected chi connectivity index (χ2v) is 5.35. The molecule has 7 heteroatoms. The highest BCUT2D eigenvalue weighted by atomic mass is 16.5. The van der Waals surface area contributed by atoms with E-state index in [9.17, 15) is 4.79 Å². The zero-order chi connectivity index (χ0) is 14.2. The molecule has 1 amide bonds. The quantitative estimate of drug-likeness (QED) is 0.856. The van der Waals surface area contributed by atoms with Gasteiger partial charge in [0.1, 0.15) is 11.8 Å². The molecule has 4 rings (SSSR count). The Kier molecular flexibility index (Phi) is 2.99. The summed E-state index contributed by atoms with van der Waals surface area (Å²) in [5.74, 6) is 1.62. The minimum absolute atomic E-state index is 0.0521. The van der Waals surface area contributed by atoms with Crippen molar-refractivity contribution in [2.75, 3.05) is 19.8 Å². The van der Waals surface area contributed by atoms with Crippen molar-refractivity contribution in [3.05, 3.63) is 35.9 Å². The molecule has 21 heavy (non-hydrogen) atoms. The van der Waals surface area contributed by atoms with Gasteiger partial charge in [0, 0.05) is 12.5 Å². The molecule has 2 aromatic rings. The van der Waals surface area contributed by atoms with Crippen LogP contribution < -0.4 is 0 Å². The standard InChI is InChI=1S/C14H15N3O4/c18-14(10-3-5-20-12(10)9-1-2-9)17-4-6-19-7-11(17)13-15-8-21-16-13/h3,5,8-9,11H,1-2,4,6-7H2. The number of furan rings is 1. The first-order valence-corrected chi connectivity index (χ1v) is 7.07. The molecule has 1 saturated heterocycles. The maximum Gasteiger partial charge on any atom is 0.258 e. The normalized spacial score (nSPS) is 22.5. The highest BCUT2D eigenvalue weighted by molar-refractivity contribution is 5.95. The molecule has 2 aromatic heterocycles. The monoisotopic (exact) mass is 289 g/mol. The highest BCUT2D eigenvalue weighted by Crippen LogP contribution is 2.42. The summed E-state index contributed by atoms with van der Waals surface area (Å²) in [6, 6.07) is 1.44. The molecule has 3 heterocycles. The fourth-order valence-corrected chi connectivity index (χ4v) is 2.70. The van der Waals surface area contributed by atoms with Crippen LogP contribution in [0.5, 0.6) is 0 Å². The van der Waals surface area contributed by atoms with Crippen LogP contribution >= 0.6 is 0 Å². The number of hydrogen-bond donors (Lipinski definition) is 0. The zero-order valence-corrected chi connectivity index (χ0v) is 11.4. The summed E-state index contributed by atoms with van der Waals surface area (Å²) in [5.41, 5.74) is 0.646. The van der Waals surface area contributed by atoms with E-state index in [4.69, 9.17) is 13.7 Å². The van der Waals surface area contributed by atoms with Gasteiger partial charge in [0.15, 0.2) is 5.82 Å². The first kappa shape index (κ1) is 12.6. The summed E-state index contributed by atoms with van der Waals surface area (Å²) in [7, 11) is 0. The lowest BCUT2D eigenvalue weighted by Gasteiger charge is -2.33. The van der Waals surface area contributed by atoms with Crippen LogP contribution in [0.2, 0.25) is 0 Å². The minimum Gasteiger partial charge on any atom is -0.468 e. The molecule has 110 valence electrons. The van der Waals surface area contributed by atoms with Gasteiger partial charge in [-0.15, -0.1) is 0 Å². The molecule has 0 N–H and O–H groups in total. The number of carbonyl (C=O) groups excluding carboxylic acids is 1. The summed E-state index contributed by atoms with van der Waals surface area (Å²) >= 11 is 0. The van der Waals surface area contributed by atoms with E-state index >= 15 is 0 Å². The third-order valence-electron chi connectivity index (χ3n) is 3.94. The molecule has 1 atom stereocenters. The fourth-order valence-electron chi connectivity index (χ4n) is 2.70. The van der Waals surface area contributed by atoms with Crippen molar-refractivity contribution in [2.24, 2.45) is 0 Å². The van der Waals surface area contributed by atoms with Crippen molar-refractivity contribution >= 4 is 5.91 Å². The predicted octanol–water partition coefficient (Wildman–Crippen LogP) is 1.75. The Labute approximate surface area is 120 Å². The topological polar surface area (TPSA) is 81.6 Å². The van der Waals surface area contributed by atoms with E-state index in [0.29, 0.717) is 37.1 Å². The average Bonchev–Trinajstić information content (AvgIpc) is 3.05. The SMILES string of the molecule is O=C(c1ccoc1C1CC1)N1CCOCC1c1ncon1. The van der Waals surface area contributed by atoms with Crippen LogP contribution in [-0.4, -0.2) is 40.7 Å². The van der Waals surface area contributed by atoms with E-state index in [1.54, 1.807) is 17.2 Å². The van der Waals surface area contributed by atoms with E-state index in [1.165, 1.54) is 6.39 Å². The average molecular weight is 289 g/mol. The maximum absolute atomic E-state index is 12.8. The van der Waals surface area contributed by atoms with Gasteiger partial charge in [0.25, 0.3) is 5.91 Å². The number of hydrogen-bond acceptors (Lipinski definition) is 6. The van der Waals surface area contributed by atoms with Crippen LogP contribution in [0, 0.1) is 0 Å². The van der Waals surface area contributed by atoms with Gasteiger partial charge in [-0.2, -0.15) is 4.98 Å². The van der Waals surface area contributed by atoms with Crippen LogP contribution in [0.1, 0.15) is 46.7 Å². The fraction of sp³-hybridized carbons (Fsp3) is 0.500. The number of ether oxygens (including phenoxy) is 1. The largest absolute Gasteiger partial charge is 0.468 e. The van der Waals surface area contributed by atoms with E-state index in [0.717, 1.165) is 18.6 Å². The Hall–Kier alpha value is -2.15. The third-order valence-corrected chi connectivity index (χ3v) is 3.94. The summed E-state index contributed by atoms with van der Waals surface area (Å²) in [6.07, 6.45) is 5.03. The molecule has 1 aliphatic heterocycles. The van der Waals surface area contributed by atoms with E-state index in [1.807, 2.05) is 0 Å². The molecule has 0 radical (unpaired) electrons.